The van der Waals surface area contributed by atoms with E-state index in [0.29, 0.717) is 6.42 Å². The molecule has 0 heterocycles. The van der Waals surface area contributed by atoms with Crippen LogP contribution < -0.4 is 10.6 Å². The molecule has 0 unspecified atom stereocenters. The molecule has 1 aliphatic carbocycles. The lowest BCUT2D eigenvalue weighted by molar-refractivity contribution is -0.115. The van der Waals surface area contributed by atoms with Crippen LogP contribution in [-0.2, 0) is 4.79 Å². The normalized spacial score (nSPS) is 22.3. The van der Waals surface area contributed by atoms with Gasteiger partial charge in [0.15, 0.2) is 0 Å². The molecule has 2 rings (SSSR count). The maximum atomic E-state index is 11.4. The van der Waals surface area contributed by atoms with E-state index in [1.807, 2.05) is 25.1 Å². The van der Waals surface area contributed by atoms with Gasteiger partial charge in [0.2, 0.25) is 5.91 Å². The number of amides is 1. The predicted molar refractivity (Wildman–Crippen MR) is 85.0 cm³/mol. The zero-order valence-electron chi connectivity index (χ0n) is 12.6. The zero-order valence-corrected chi connectivity index (χ0v) is 12.6. The third-order valence-electron chi connectivity index (χ3n) is 4.20. The van der Waals surface area contributed by atoms with Crippen LogP contribution in [0.15, 0.2) is 24.3 Å². The van der Waals surface area contributed by atoms with E-state index in [9.17, 15) is 4.79 Å². The van der Waals surface area contributed by atoms with Crippen LogP contribution in [0.5, 0.6) is 0 Å². The number of rotatable bonds is 5. The minimum absolute atomic E-state index is 0.0587. The molecule has 1 fully saturated rings. The van der Waals surface area contributed by atoms with E-state index < -0.39 is 0 Å². The number of anilines is 2. The van der Waals surface area contributed by atoms with E-state index in [0.717, 1.165) is 29.8 Å². The third-order valence-corrected chi connectivity index (χ3v) is 4.20. The van der Waals surface area contributed by atoms with Crippen molar-refractivity contribution in [1.82, 2.24) is 0 Å². The molecule has 2 N–H and O–H groups in total. The second-order valence-corrected chi connectivity index (χ2v) is 5.99. The van der Waals surface area contributed by atoms with Crippen LogP contribution in [0.25, 0.3) is 0 Å². The Balaban J connectivity index is 1.83. The minimum Gasteiger partial charge on any atom is -0.385 e. The van der Waals surface area contributed by atoms with Crippen LogP contribution in [0.2, 0.25) is 0 Å². The van der Waals surface area contributed by atoms with Crippen LogP contribution in [0.1, 0.15) is 46.0 Å². The van der Waals surface area contributed by atoms with Crippen LogP contribution >= 0.6 is 0 Å². The lowest BCUT2D eigenvalue weighted by Gasteiger charge is -2.26. The van der Waals surface area contributed by atoms with Gasteiger partial charge in [-0.05, 0) is 42.9 Å². The van der Waals surface area contributed by atoms with Crippen LogP contribution in [-0.4, -0.2) is 12.5 Å². The first-order valence-electron chi connectivity index (χ1n) is 7.81. The van der Waals surface area contributed by atoms with Crippen LogP contribution in [0, 0.1) is 11.8 Å². The first kappa shape index (κ1) is 14.9. The maximum absolute atomic E-state index is 11.4. The topological polar surface area (TPSA) is 41.1 Å². The van der Waals surface area contributed by atoms with Gasteiger partial charge in [-0.1, -0.05) is 32.8 Å². The Morgan fingerprint density at radius 1 is 1.20 bits per heavy atom. The highest BCUT2D eigenvalue weighted by Gasteiger charge is 2.17. The number of carbonyl (C=O) groups excluding carboxylic acids is 1. The predicted octanol–water partition coefficient (Wildman–Crippen LogP) is 4.27. The summed E-state index contributed by atoms with van der Waals surface area (Å²) >= 11 is 0. The summed E-state index contributed by atoms with van der Waals surface area (Å²) in [6, 6.07) is 7.99. The molecule has 110 valence electrons. The summed E-state index contributed by atoms with van der Waals surface area (Å²) in [6.07, 6.45) is 5.90. The fourth-order valence-electron chi connectivity index (χ4n) is 2.75. The lowest BCUT2D eigenvalue weighted by Crippen LogP contribution is -2.20. The van der Waals surface area contributed by atoms with Crippen molar-refractivity contribution in [1.29, 1.82) is 0 Å². The standard InChI is InChI=1S/C17H26N2O/c1-3-17(20)19-16-6-4-5-15(11-16)18-12-14-9-7-13(2)8-10-14/h4-6,11,13-14,18H,3,7-10,12H2,1-2H3,(H,19,20). The van der Waals surface area contributed by atoms with Gasteiger partial charge in [0, 0.05) is 24.3 Å². The Hall–Kier alpha value is -1.51. The smallest absolute Gasteiger partial charge is 0.224 e. The largest absolute Gasteiger partial charge is 0.385 e. The van der Waals surface area contributed by atoms with Crippen LogP contribution in [0.3, 0.4) is 0 Å². The molecule has 3 nitrogen and oxygen atoms in total. The fraction of sp³-hybridized carbons (Fsp3) is 0.588. The Morgan fingerprint density at radius 3 is 2.60 bits per heavy atom. The van der Waals surface area contributed by atoms with Gasteiger partial charge in [0.1, 0.15) is 0 Å². The molecule has 0 radical (unpaired) electrons. The molecule has 0 saturated heterocycles. The van der Waals surface area contributed by atoms with E-state index in [4.69, 9.17) is 0 Å². The van der Waals surface area contributed by atoms with Gasteiger partial charge in [-0.3, -0.25) is 4.79 Å². The summed E-state index contributed by atoms with van der Waals surface area (Å²) in [5.74, 6) is 1.75. The van der Waals surface area contributed by atoms with E-state index in [2.05, 4.69) is 23.6 Å². The monoisotopic (exact) mass is 274 g/mol. The average molecular weight is 274 g/mol. The molecule has 1 amide bonds. The summed E-state index contributed by atoms with van der Waals surface area (Å²) in [5, 5.41) is 6.41. The highest BCUT2D eigenvalue weighted by Crippen LogP contribution is 2.28. The van der Waals surface area contributed by atoms with Crippen molar-refractivity contribution >= 4 is 17.3 Å². The first-order valence-corrected chi connectivity index (χ1v) is 7.81. The Kier molecular flexibility index (Phi) is 5.45. The fourth-order valence-corrected chi connectivity index (χ4v) is 2.75. The number of nitrogens with one attached hydrogen (secondary N) is 2. The van der Waals surface area contributed by atoms with Crippen molar-refractivity contribution < 1.29 is 4.79 Å². The van der Waals surface area contributed by atoms with Crippen molar-refractivity contribution in [2.45, 2.75) is 46.0 Å². The molecular weight excluding hydrogens is 248 g/mol. The molecule has 1 aromatic rings. The molecule has 3 heteroatoms. The number of benzene rings is 1. The average Bonchev–Trinajstić information content (AvgIpc) is 2.47. The van der Waals surface area contributed by atoms with Crippen molar-refractivity contribution in [2.24, 2.45) is 11.8 Å². The summed E-state index contributed by atoms with van der Waals surface area (Å²) in [5.41, 5.74) is 1.97. The van der Waals surface area contributed by atoms with Crippen LogP contribution in [0.4, 0.5) is 11.4 Å². The molecule has 0 atom stereocenters. The Bertz CT molecular complexity index is 436. The highest BCUT2D eigenvalue weighted by atomic mass is 16.1. The van der Waals surface area contributed by atoms with E-state index >= 15 is 0 Å². The number of hydrogen-bond acceptors (Lipinski definition) is 2. The molecule has 0 bridgehead atoms. The molecule has 1 aliphatic rings. The van der Waals surface area contributed by atoms with E-state index in [1.54, 1.807) is 0 Å². The SMILES string of the molecule is CCC(=O)Nc1cccc(NCC2CCC(C)CC2)c1. The van der Waals surface area contributed by atoms with Gasteiger partial charge in [0.25, 0.3) is 0 Å². The maximum Gasteiger partial charge on any atom is 0.224 e. The van der Waals surface area contributed by atoms with Gasteiger partial charge in [-0.2, -0.15) is 0 Å². The van der Waals surface area contributed by atoms with Gasteiger partial charge in [-0.25, -0.2) is 0 Å². The van der Waals surface area contributed by atoms with Crippen molar-refractivity contribution in [3.8, 4) is 0 Å². The molecule has 0 aliphatic heterocycles. The van der Waals surface area contributed by atoms with Crippen molar-refractivity contribution in [2.75, 3.05) is 17.2 Å². The Labute approximate surface area is 122 Å². The van der Waals surface area contributed by atoms with E-state index in [-0.39, 0.29) is 5.91 Å². The molecule has 20 heavy (non-hydrogen) atoms. The highest BCUT2D eigenvalue weighted by molar-refractivity contribution is 5.90. The number of carbonyl (C=O) groups is 1. The molecule has 1 aromatic carbocycles. The van der Waals surface area contributed by atoms with Gasteiger partial charge in [0.05, 0.1) is 0 Å². The molecule has 1 saturated carbocycles. The van der Waals surface area contributed by atoms with Gasteiger partial charge in [-0.15, -0.1) is 0 Å². The quantitative estimate of drug-likeness (QED) is 0.841. The minimum atomic E-state index is 0.0587. The third kappa shape index (κ3) is 4.55. The van der Waals surface area contributed by atoms with Crippen molar-refractivity contribution in [3.05, 3.63) is 24.3 Å². The molecule has 0 aromatic heterocycles. The van der Waals surface area contributed by atoms with Gasteiger partial charge < -0.3 is 10.6 Å². The summed E-state index contributed by atoms with van der Waals surface area (Å²) < 4.78 is 0. The summed E-state index contributed by atoms with van der Waals surface area (Å²) in [6.45, 7) is 5.25. The molecular formula is C17H26N2O. The number of hydrogen-bond donors (Lipinski definition) is 2. The Morgan fingerprint density at radius 2 is 1.90 bits per heavy atom. The second-order valence-electron chi connectivity index (χ2n) is 5.99. The summed E-state index contributed by atoms with van der Waals surface area (Å²) in [7, 11) is 0. The van der Waals surface area contributed by atoms with Gasteiger partial charge >= 0.3 is 0 Å². The first-order chi connectivity index (χ1) is 9.67. The van der Waals surface area contributed by atoms with Crippen molar-refractivity contribution in [3.63, 3.8) is 0 Å². The molecule has 0 spiro atoms. The zero-order chi connectivity index (χ0) is 14.4. The van der Waals surface area contributed by atoms with E-state index in [1.165, 1.54) is 25.7 Å². The summed E-state index contributed by atoms with van der Waals surface area (Å²) in [4.78, 5) is 11.4. The second kappa shape index (κ2) is 7.32. The lowest BCUT2D eigenvalue weighted by atomic mass is 9.83.